The standard InChI is InChI=1S/C13H12Cl2N4O4/c1-8-16-7-12(19(21)22)18(8)4-5-23-13(20)17-9-2-3-10(14)11(15)6-9/h2-3,6-7H,4-5H2,1H3,(H,17,20)/p+1. The highest BCUT2D eigenvalue weighted by Gasteiger charge is 2.26. The normalized spacial score (nSPS) is 10.4. The van der Waals surface area contributed by atoms with Gasteiger partial charge in [0.25, 0.3) is 5.82 Å². The quantitative estimate of drug-likeness (QED) is 0.486. The van der Waals surface area contributed by atoms with Crippen LogP contribution in [0.25, 0.3) is 0 Å². The summed E-state index contributed by atoms with van der Waals surface area (Å²) in [4.78, 5) is 24.8. The Morgan fingerprint density at radius 2 is 2.17 bits per heavy atom. The monoisotopic (exact) mass is 359 g/mol. The average Bonchev–Trinajstić information content (AvgIpc) is 2.84. The molecule has 8 nitrogen and oxygen atoms in total. The van der Waals surface area contributed by atoms with Gasteiger partial charge >= 0.3 is 11.9 Å². The molecule has 0 aliphatic heterocycles. The predicted octanol–water partition coefficient (Wildman–Crippen LogP) is 3.07. The van der Waals surface area contributed by atoms with E-state index in [1.165, 1.54) is 16.8 Å². The number of hydrogen-bond donors (Lipinski definition) is 2. The Morgan fingerprint density at radius 3 is 2.83 bits per heavy atom. The van der Waals surface area contributed by atoms with Crippen LogP contribution >= 0.6 is 23.2 Å². The summed E-state index contributed by atoms with van der Waals surface area (Å²) in [5, 5.41) is 14.0. The molecule has 1 aromatic carbocycles. The highest BCUT2D eigenvalue weighted by atomic mass is 35.5. The summed E-state index contributed by atoms with van der Waals surface area (Å²) in [5.74, 6) is 0.487. The fourth-order valence-electron chi connectivity index (χ4n) is 1.89. The molecule has 122 valence electrons. The van der Waals surface area contributed by atoms with E-state index in [2.05, 4.69) is 10.3 Å². The number of imidazole rings is 1. The molecule has 2 N–H and O–H groups in total. The number of aromatic amines is 1. The van der Waals surface area contributed by atoms with E-state index in [9.17, 15) is 14.9 Å². The van der Waals surface area contributed by atoms with Crippen molar-refractivity contribution in [3.05, 3.63) is 50.4 Å². The van der Waals surface area contributed by atoms with Gasteiger partial charge in [-0.25, -0.2) is 4.79 Å². The fourth-order valence-corrected chi connectivity index (χ4v) is 2.19. The summed E-state index contributed by atoms with van der Waals surface area (Å²) in [5.41, 5.74) is 0.431. The summed E-state index contributed by atoms with van der Waals surface area (Å²) in [7, 11) is 0. The fraction of sp³-hybridized carbons (Fsp3) is 0.231. The number of benzene rings is 1. The number of aryl methyl sites for hydroxylation is 1. The number of rotatable bonds is 5. The average molecular weight is 360 g/mol. The number of nitro groups is 1. The van der Waals surface area contributed by atoms with Crippen LogP contribution in [0.15, 0.2) is 24.4 Å². The summed E-state index contributed by atoms with van der Waals surface area (Å²) >= 11 is 11.6. The number of ether oxygens (including phenoxy) is 1. The molecule has 0 atom stereocenters. The Kier molecular flexibility index (Phi) is 5.41. The third-order valence-corrected chi connectivity index (χ3v) is 3.73. The van der Waals surface area contributed by atoms with Crippen molar-refractivity contribution in [3.8, 4) is 0 Å². The minimum atomic E-state index is -0.695. The lowest BCUT2D eigenvalue weighted by atomic mass is 10.3. The lowest BCUT2D eigenvalue weighted by molar-refractivity contribution is -0.739. The summed E-state index contributed by atoms with van der Waals surface area (Å²) < 4.78 is 6.40. The molecule has 1 heterocycles. The van der Waals surface area contributed by atoms with Crippen molar-refractivity contribution < 1.29 is 19.0 Å². The number of carbonyl (C=O) groups is 1. The second-order valence-corrected chi connectivity index (χ2v) is 5.35. The number of halogens is 2. The number of hydrogen-bond acceptors (Lipinski definition) is 4. The maximum Gasteiger partial charge on any atom is 0.519 e. The van der Waals surface area contributed by atoms with E-state index in [0.717, 1.165) is 0 Å². The number of nitrogens with zero attached hydrogens (tertiary/aromatic N) is 2. The number of nitrogens with one attached hydrogen (secondary N) is 2. The highest BCUT2D eigenvalue weighted by Crippen LogP contribution is 2.24. The zero-order valence-electron chi connectivity index (χ0n) is 12.0. The first-order chi connectivity index (χ1) is 10.9. The van der Waals surface area contributed by atoms with Gasteiger partial charge in [-0.15, -0.1) is 4.57 Å². The summed E-state index contributed by atoms with van der Waals surface area (Å²) in [6, 6.07) is 4.61. The number of H-pyrrole nitrogens is 1. The van der Waals surface area contributed by atoms with Gasteiger partial charge in [0.1, 0.15) is 4.92 Å². The first-order valence-electron chi connectivity index (χ1n) is 6.49. The zero-order valence-corrected chi connectivity index (χ0v) is 13.5. The Morgan fingerprint density at radius 1 is 1.43 bits per heavy atom. The van der Waals surface area contributed by atoms with E-state index in [4.69, 9.17) is 27.9 Å². The lowest BCUT2D eigenvalue weighted by Crippen LogP contribution is -2.40. The maximum atomic E-state index is 11.7. The Bertz CT molecular complexity index is 748. The Balaban J connectivity index is 1.89. The van der Waals surface area contributed by atoms with Gasteiger partial charge in [0.2, 0.25) is 0 Å². The third kappa shape index (κ3) is 4.33. The Labute approximate surface area is 141 Å². The van der Waals surface area contributed by atoms with Crippen LogP contribution in [-0.4, -0.2) is 22.6 Å². The third-order valence-electron chi connectivity index (χ3n) is 2.99. The molecule has 0 unspecified atom stereocenters. The summed E-state index contributed by atoms with van der Waals surface area (Å²) in [6.45, 7) is 1.81. The predicted molar refractivity (Wildman–Crippen MR) is 83.8 cm³/mol. The number of amides is 1. The molecule has 0 spiro atoms. The molecule has 0 bridgehead atoms. The van der Waals surface area contributed by atoms with Crippen molar-refractivity contribution in [1.29, 1.82) is 0 Å². The molecule has 23 heavy (non-hydrogen) atoms. The van der Waals surface area contributed by atoms with Gasteiger partial charge in [-0.2, -0.15) is 0 Å². The van der Waals surface area contributed by atoms with Gasteiger partial charge in [-0.3, -0.25) is 15.4 Å². The van der Waals surface area contributed by atoms with E-state index in [-0.39, 0.29) is 19.0 Å². The minimum Gasteiger partial charge on any atom is -0.443 e. The van der Waals surface area contributed by atoms with Gasteiger partial charge in [-0.1, -0.05) is 23.2 Å². The van der Waals surface area contributed by atoms with Gasteiger partial charge in [0, 0.05) is 12.6 Å². The smallest absolute Gasteiger partial charge is 0.443 e. The van der Waals surface area contributed by atoms with Crippen LogP contribution in [0.3, 0.4) is 0 Å². The van der Waals surface area contributed by atoms with Crippen LogP contribution in [0, 0.1) is 17.0 Å². The van der Waals surface area contributed by atoms with Crippen LogP contribution in [-0.2, 0) is 11.3 Å². The molecule has 1 aromatic heterocycles. The van der Waals surface area contributed by atoms with Crippen molar-refractivity contribution in [3.63, 3.8) is 0 Å². The van der Waals surface area contributed by atoms with Crippen molar-refractivity contribution in [2.24, 2.45) is 0 Å². The minimum absolute atomic E-state index is 0.0304. The molecule has 0 saturated heterocycles. The van der Waals surface area contributed by atoms with Crippen LogP contribution < -0.4 is 9.88 Å². The summed E-state index contributed by atoms with van der Waals surface area (Å²) in [6.07, 6.45) is 0.588. The van der Waals surface area contributed by atoms with Crippen LogP contribution in [0.2, 0.25) is 10.0 Å². The van der Waals surface area contributed by atoms with E-state index in [0.29, 0.717) is 21.6 Å². The van der Waals surface area contributed by atoms with E-state index in [1.54, 1.807) is 19.1 Å². The first kappa shape index (κ1) is 17.0. The van der Waals surface area contributed by atoms with Crippen LogP contribution in [0.5, 0.6) is 0 Å². The molecule has 1 amide bonds. The van der Waals surface area contributed by atoms with Crippen LogP contribution in [0.4, 0.5) is 16.3 Å². The van der Waals surface area contributed by atoms with E-state index in [1.807, 2.05) is 0 Å². The largest absolute Gasteiger partial charge is 0.519 e. The highest BCUT2D eigenvalue weighted by molar-refractivity contribution is 6.42. The molecule has 10 heteroatoms. The van der Waals surface area contributed by atoms with Gasteiger partial charge < -0.3 is 9.72 Å². The topological polar surface area (TPSA) is 101 Å². The van der Waals surface area contributed by atoms with Crippen LogP contribution in [0.1, 0.15) is 5.82 Å². The first-order valence-corrected chi connectivity index (χ1v) is 7.25. The number of anilines is 1. The van der Waals surface area contributed by atoms with Crippen molar-refractivity contribution in [2.45, 2.75) is 13.5 Å². The van der Waals surface area contributed by atoms with Gasteiger partial charge in [0.05, 0.1) is 10.0 Å². The van der Waals surface area contributed by atoms with E-state index >= 15 is 0 Å². The molecule has 0 saturated carbocycles. The van der Waals surface area contributed by atoms with Crippen molar-refractivity contribution in [1.82, 2.24) is 4.98 Å². The lowest BCUT2D eigenvalue weighted by Gasteiger charge is -2.06. The second-order valence-electron chi connectivity index (χ2n) is 4.53. The van der Waals surface area contributed by atoms with Gasteiger partial charge in [0.15, 0.2) is 19.3 Å². The van der Waals surface area contributed by atoms with Gasteiger partial charge in [-0.05, 0) is 18.2 Å². The second kappa shape index (κ2) is 7.30. The molecule has 2 rings (SSSR count). The number of aromatic nitrogens is 2. The molecule has 0 fully saturated rings. The Hall–Kier alpha value is -2.32. The molecule has 2 aromatic rings. The van der Waals surface area contributed by atoms with Crippen molar-refractivity contribution >= 4 is 40.8 Å². The molecule has 0 aliphatic carbocycles. The SMILES string of the molecule is Cc1[nH]cc([N+](=O)[O-])[n+]1CCOC(=O)Nc1ccc(Cl)c(Cl)c1. The number of carbonyl (C=O) groups excluding carboxylic acids is 1. The molecule has 0 aliphatic rings. The maximum absolute atomic E-state index is 11.7. The molecule has 0 radical (unpaired) electrons. The van der Waals surface area contributed by atoms with E-state index < -0.39 is 11.0 Å². The zero-order chi connectivity index (χ0) is 17.0. The molecular formula is C13H13Cl2N4O4+. The molecular weight excluding hydrogens is 347 g/mol. The van der Waals surface area contributed by atoms with Crippen molar-refractivity contribution in [2.75, 3.05) is 11.9 Å².